The highest BCUT2D eigenvalue weighted by atomic mass is 16.5. The van der Waals surface area contributed by atoms with E-state index < -0.39 is 0 Å². The molecule has 1 heterocycles. The van der Waals surface area contributed by atoms with Crippen LogP contribution in [0.3, 0.4) is 0 Å². The van der Waals surface area contributed by atoms with Crippen LogP contribution in [0.5, 0.6) is 5.75 Å². The van der Waals surface area contributed by atoms with Crippen molar-refractivity contribution in [3.8, 4) is 5.75 Å². The lowest BCUT2D eigenvalue weighted by molar-refractivity contribution is 0.237. The third-order valence-corrected chi connectivity index (χ3v) is 4.00. The smallest absolute Gasteiger partial charge is 0.121 e. The molecule has 1 N–H and O–H groups in total. The van der Waals surface area contributed by atoms with Gasteiger partial charge >= 0.3 is 0 Å². The number of ether oxygens (including phenoxy) is 1. The first kappa shape index (κ1) is 16.2. The number of nitrogens with zero attached hydrogens (tertiary/aromatic N) is 1. The molecule has 1 aromatic rings. The minimum atomic E-state index is 0.691. The summed E-state index contributed by atoms with van der Waals surface area (Å²) in [7, 11) is 0. The number of piperidine rings is 1. The van der Waals surface area contributed by atoms with Gasteiger partial charge in [0.25, 0.3) is 0 Å². The lowest BCUT2D eigenvalue weighted by Crippen LogP contribution is -2.33. The number of likely N-dealkylation sites (tertiary alicyclic amines) is 1. The van der Waals surface area contributed by atoms with Crippen molar-refractivity contribution in [3.63, 3.8) is 0 Å². The minimum absolute atomic E-state index is 0.691. The molecule has 1 saturated heterocycles. The third-order valence-electron chi connectivity index (χ3n) is 4.00. The second-order valence-electron chi connectivity index (χ2n) is 6.39. The predicted molar refractivity (Wildman–Crippen MR) is 90.2 cm³/mol. The van der Waals surface area contributed by atoms with Crippen LogP contribution in [0.15, 0.2) is 24.3 Å². The van der Waals surface area contributed by atoms with Crippen molar-refractivity contribution in [3.05, 3.63) is 24.3 Å². The Bertz CT molecular complexity index is 400. The van der Waals surface area contributed by atoms with Crippen molar-refractivity contribution in [1.29, 1.82) is 0 Å². The van der Waals surface area contributed by atoms with Gasteiger partial charge in [0, 0.05) is 24.8 Å². The number of anilines is 1. The van der Waals surface area contributed by atoms with Gasteiger partial charge in [0.2, 0.25) is 0 Å². The minimum Gasteiger partial charge on any atom is -0.494 e. The van der Waals surface area contributed by atoms with Crippen molar-refractivity contribution in [2.24, 2.45) is 5.92 Å². The van der Waals surface area contributed by atoms with E-state index in [4.69, 9.17) is 4.74 Å². The first-order valence-electron chi connectivity index (χ1n) is 8.43. The van der Waals surface area contributed by atoms with E-state index >= 15 is 0 Å². The highest BCUT2D eigenvalue weighted by molar-refractivity contribution is 5.48. The molecule has 3 heteroatoms. The second kappa shape index (κ2) is 8.93. The molecule has 0 radical (unpaired) electrons. The van der Waals surface area contributed by atoms with E-state index in [0.717, 1.165) is 37.6 Å². The molecule has 0 aliphatic carbocycles. The lowest BCUT2D eigenvalue weighted by Gasteiger charge is -2.26. The average molecular weight is 290 g/mol. The molecule has 2 rings (SSSR count). The zero-order valence-electron chi connectivity index (χ0n) is 13.6. The summed E-state index contributed by atoms with van der Waals surface area (Å²) in [4.78, 5) is 2.56. The molecule has 0 unspecified atom stereocenters. The van der Waals surface area contributed by atoms with E-state index in [2.05, 4.69) is 42.3 Å². The van der Waals surface area contributed by atoms with E-state index in [-0.39, 0.29) is 0 Å². The molecule has 0 spiro atoms. The van der Waals surface area contributed by atoms with Gasteiger partial charge in [0.05, 0.1) is 6.61 Å². The Labute approximate surface area is 129 Å². The maximum atomic E-state index is 5.80. The van der Waals surface area contributed by atoms with E-state index in [1.165, 1.54) is 32.4 Å². The Morgan fingerprint density at radius 3 is 2.76 bits per heavy atom. The first-order valence-corrected chi connectivity index (χ1v) is 8.43. The molecule has 118 valence electrons. The van der Waals surface area contributed by atoms with Gasteiger partial charge in [-0.2, -0.15) is 0 Å². The van der Waals surface area contributed by atoms with Gasteiger partial charge < -0.3 is 15.0 Å². The Hall–Kier alpha value is -1.22. The van der Waals surface area contributed by atoms with Gasteiger partial charge in [0.15, 0.2) is 0 Å². The highest BCUT2D eigenvalue weighted by Crippen LogP contribution is 2.18. The summed E-state index contributed by atoms with van der Waals surface area (Å²) in [5.41, 5.74) is 1.16. The van der Waals surface area contributed by atoms with Crippen molar-refractivity contribution in [2.45, 2.75) is 39.5 Å². The molecule has 0 bridgehead atoms. The molecule has 3 nitrogen and oxygen atoms in total. The average Bonchev–Trinajstić information content (AvgIpc) is 2.48. The van der Waals surface area contributed by atoms with Crippen LogP contribution in [0.2, 0.25) is 0 Å². The Kier molecular flexibility index (Phi) is 6.87. The quantitative estimate of drug-likeness (QED) is 0.783. The van der Waals surface area contributed by atoms with Crippen LogP contribution in [0.4, 0.5) is 5.69 Å². The van der Waals surface area contributed by atoms with E-state index in [9.17, 15) is 0 Å². The van der Waals surface area contributed by atoms with E-state index in [1.807, 2.05) is 6.07 Å². The summed E-state index contributed by atoms with van der Waals surface area (Å²) in [5.74, 6) is 1.66. The van der Waals surface area contributed by atoms with Gasteiger partial charge in [0.1, 0.15) is 5.75 Å². The van der Waals surface area contributed by atoms with Gasteiger partial charge in [-0.3, -0.25) is 0 Å². The van der Waals surface area contributed by atoms with E-state index in [1.54, 1.807) is 0 Å². The summed E-state index contributed by atoms with van der Waals surface area (Å²) in [5, 5.41) is 3.51. The largest absolute Gasteiger partial charge is 0.494 e. The Morgan fingerprint density at radius 1 is 1.19 bits per heavy atom. The third kappa shape index (κ3) is 6.38. The molecule has 21 heavy (non-hydrogen) atoms. The fourth-order valence-electron chi connectivity index (χ4n) is 2.65. The normalized spacial score (nSPS) is 16.1. The van der Waals surface area contributed by atoms with Gasteiger partial charge in [-0.25, -0.2) is 0 Å². The topological polar surface area (TPSA) is 24.5 Å². The fourth-order valence-corrected chi connectivity index (χ4v) is 2.65. The van der Waals surface area contributed by atoms with Crippen LogP contribution in [0, 0.1) is 5.92 Å². The molecule has 0 atom stereocenters. The summed E-state index contributed by atoms with van der Waals surface area (Å²) < 4.78 is 5.80. The van der Waals surface area contributed by atoms with Crippen LogP contribution in [-0.2, 0) is 0 Å². The Balaban J connectivity index is 1.70. The molecule has 1 aliphatic rings. The SMILES string of the molecule is CC(C)CCOc1cccc(NCCN2CCCCC2)c1. The first-order chi connectivity index (χ1) is 10.2. The molecule has 0 saturated carbocycles. The van der Waals surface area contributed by atoms with Gasteiger partial charge in [-0.1, -0.05) is 26.3 Å². The standard InChI is InChI=1S/C18H30N2O/c1-16(2)9-14-21-18-8-6-7-17(15-18)19-10-13-20-11-4-3-5-12-20/h6-8,15-16,19H,3-5,9-14H2,1-2H3. The molecule has 1 aromatic carbocycles. The number of hydrogen-bond donors (Lipinski definition) is 1. The van der Waals surface area contributed by atoms with Crippen molar-refractivity contribution in [2.75, 3.05) is 38.1 Å². The van der Waals surface area contributed by atoms with Crippen LogP contribution >= 0.6 is 0 Å². The van der Waals surface area contributed by atoms with Gasteiger partial charge in [-0.05, 0) is 50.4 Å². The van der Waals surface area contributed by atoms with Crippen LogP contribution < -0.4 is 10.1 Å². The summed E-state index contributed by atoms with van der Waals surface area (Å²) in [6.07, 6.45) is 5.23. The zero-order valence-corrected chi connectivity index (χ0v) is 13.6. The van der Waals surface area contributed by atoms with Crippen LogP contribution in [0.1, 0.15) is 39.5 Å². The molecule has 0 aromatic heterocycles. The van der Waals surface area contributed by atoms with Crippen molar-refractivity contribution < 1.29 is 4.74 Å². The van der Waals surface area contributed by atoms with Crippen molar-refractivity contribution in [1.82, 2.24) is 4.90 Å². The number of hydrogen-bond acceptors (Lipinski definition) is 3. The fraction of sp³-hybridized carbons (Fsp3) is 0.667. The lowest BCUT2D eigenvalue weighted by atomic mass is 10.1. The van der Waals surface area contributed by atoms with Crippen LogP contribution in [0.25, 0.3) is 0 Å². The zero-order chi connectivity index (χ0) is 14.9. The highest BCUT2D eigenvalue weighted by Gasteiger charge is 2.08. The summed E-state index contributed by atoms with van der Waals surface area (Å²) in [6.45, 7) is 9.92. The maximum absolute atomic E-state index is 5.80. The van der Waals surface area contributed by atoms with E-state index in [0.29, 0.717) is 5.92 Å². The molecular formula is C18H30N2O. The summed E-state index contributed by atoms with van der Waals surface area (Å²) in [6, 6.07) is 8.33. The van der Waals surface area contributed by atoms with Gasteiger partial charge in [-0.15, -0.1) is 0 Å². The summed E-state index contributed by atoms with van der Waals surface area (Å²) >= 11 is 0. The molecule has 0 amide bonds. The van der Waals surface area contributed by atoms with Crippen molar-refractivity contribution >= 4 is 5.69 Å². The Morgan fingerprint density at radius 2 is 2.00 bits per heavy atom. The monoisotopic (exact) mass is 290 g/mol. The second-order valence-corrected chi connectivity index (χ2v) is 6.39. The predicted octanol–water partition coefficient (Wildman–Crippen LogP) is 4.01. The van der Waals surface area contributed by atoms with Crippen LogP contribution in [-0.4, -0.2) is 37.7 Å². The number of rotatable bonds is 8. The number of benzene rings is 1. The maximum Gasteiger partial charge on any atom is 0.121 e. The molecule has 1 aliphatic heterocycles. The number of nitrogens with one attached hydrogen (secondary N) is 1. The molecule has 1 fully saturated rings. The molecular weight excluding hydrogens is 260 g/mol.